The van der Waals surface area contributed by atoms with Crippen molar-refractivity contribution in [2.45, 2.75) is 19.9 Å². The summed E-state index contributed by atoms with van der Waals surface area (Å²) in [7, 11) is 0. The number of nitrogen functional groups attached to an aromatic ring is 1. The number of hydrogen-bond donors (Lipinski definition) is 2. The first-order valence-electron chi connectivity index (χ1n) is 12.3. The Morgan fingerprint density at radius 2 is 1.82 bits per heavy atom. The molecule has 1 amide bonds. The normalized spacial score (nSPS) is 14.2. The molecule has 0 aliphatic carbocycles. The van der Waals surface area contributed by atoms with E-state index in [4.69, 9.17) is 10.5 Å². The van der Waals surface area contributed by atoms with Gasteiger partial charge in [-0.1, -0.05) is 38.1 Å². The van der Waals surface area contributed by atoms with Crippen LogP contribution in [0, 0.1) is 16.7 Å². The molecule has 3 heterocycles. The fourth-order valence-corrected chi connectivity index (χ4v) is 4.46. The van der Waals surface area contributed by atoms with Crippen molar-refractivity contribution in [1.29, 1.82) is 5.26 Å². The first-order chi connectivity index (χ1) is 18.7. The molecule has 1 saturated heterocycles. The number of carbonyl (C=O) groups is 1. The van der Waals surface area contributed by atoms with E-state index < -0.39 is 11.3 Å². The van der Waals surface area contributed by atoms with E-state index >= 15 is 0 Å². The molecule has 4 aromatic rings. The standard InChI is InChI=1S/C28H27N7O4/c1-28(2,16-36)12-18(13-29)26(37)33-14-20(15-33)35-25-23(24(30)31-17-32-25)34(27(35)38)19-8-10-22(11-9-19)39-21-6-4-3-5-7-21/h3-12,17,20,36H,14-16H2,1-2H3,(H2,30,31,32)/b18-12-. The molecule has 0 radical (unpaired) electrons. The number of aliphatic hydroxyl groups excluding tert-OH is 1. The summed E-state index contributed by atoms with van der Waals surface area (Å²) in [6, 6.07) is 17.9. The number of anilines is 1. The van der Waals surface area contributed by atoms with Gasteiger partial charge in [0.1, 0.15) is 35.0 Å². The number of imidazole rings is 1. The molecule has 11 heteroatoms. The lowest BCUT2D eigenvalue weighted by Gasteiger charge is -2.39. The molecule has 1 fully saturated rings. The molecule has 1 aliphatic rings. The second-order valence-corrected chi connectivity index (χ2v) is 10.0. The van der Waals surface area contributed by atoms with Crippen LogP contribution in [0.2, 0.25) is 0 Å². The Bertz CT molecular complexity index is 1660. The van der Waals surface area contributed by atoms with Gasteiger partial charge in [0.2, 0.25) is 0 Å². The van der Waals surface area contributed by atoms with E-state index in [-0.39, 0.29) is 42.8 Å². The number of aliphatic hydroxyl groups is 1. The summed E-state index contributed by atoms with van der Waals surface area (Å²) >= 11 is 0. The molecule has 5 rings (SSSR count). The minimum Gasteiger partial charge on any atom is -0.457 e. The van der Waals surface area contributed by atoms with Gasteiger partial charge in [0.15, 0.2) is 11.5 Å². The fourth-order valence-electron chi connectivity index (χ4n) is 4.46. The highest BCUT2D eigenvalue weighted by molar-refractivity contribution is 5.98. The topological polar surface area (TPSA) is 152 Å². The highest BCUT2D eigenvalue weighted by atomic mass is 16.5. The van der Waals surface area contributed by atoms with Crippen LogP contribution in [0.1, 0.15) is 19.9 Å². The summed E-state index contributed by atoms with van der Waals surface area (Å²) in [6.07, 6.45) is 2.77. The van der Waals surface area contributed by atoms with Crippen molar-refractivity contribution in [1.82, 2.24) is 24.0 Å². The summed E-state index contributed by atoms with van der Waals surface area (Å²) in [4.78, 5) is 36.6. The summed E-state index contributed by atoms with van der Waals surface area (Å²) in [5.74, 6) is 0.990. The molecule has 0 bridgehead atoms. The molecule has 0 unspecified atom stereocenters. The van der Waals surface area contributed by atoms with Gasteiger partial charge in [0, 0.05) is 18.5 Å². The highest BCUT2D eigenvalue weighted by Crippen LogP contribution is 2.30. The summed E-state index contributed by atoms with van der Waals surface area (Å²) in [5, 5.41) is 19.0. The Labute approximate surface area is 224 Å². The van der Waals surface area contributed by atoms with Crippen molar-refractivity contribution in [3.63, 3.8) is 0 Å². The van der Waals surface area contributed by atoms with Crippen LogP contribution in [0.5, 0.6) is 11.5 Å². The van der Waals surface area contributed by atoms with Crippen LogP contribution in [0.4, 0.5) is 5.82 Å². The molecule has 2 aromatic carbocycles. The average molecular weight is 526 g/mol. The lowest BCUT2D eigenvalue weighted by Crippen LogP contribution is -2.53. The summed E-state index contributed by atoms with van der Waals surface area (Å²) in [5.41, 5.74) is 6.33. The van der Waals surface area contributed by atoms with Crippen molar-refractivity contribution < 1.29 is 14.6 Å². The highest BCUT2D eigenvalue weighted by Gasteiger charge is 2.37. The van der Waals surface area contributed by atoms with Crippen molar-refractivity contribution in [2.75, 3.05) is 25.4 Å². The lowest BCUT2D eigenvalue weighted by molar-refractivity contribution is -0.132. The largest absolute Gasteiger partial charge is 0.457 e. The molecule has 198 valence electrons. The molecule has 0 spiro atoms. The van der Waals surface area contributed by atoms with Gasteiger partial charge in [-0.25, -0.2) is 14.8 Å². The van der Waals surface area contributed by atoms with Crippen LogP contribution >= 0.6 is 0 Å². The maximum absolute atomic E-state index is 13.7. The lowest BCUT2D eigenvalue weighted by atomic mass is 9.91. The zero-order chi connectivity index (χ0) is 27.7. The number of fused-ring (bicyclic) bond motifs is 1. The number of hydrogen-bond acceptors (Lipinski definition) is 8. The number of nitrogens with zero attached hydrogens (tertiary/aromatic N) is 6. The Balaban J connectivity index is 1.44. The zero-order valence-corrected chi connectivity index (χ0v) is 21.5. The fraction of sp³-hybridized carbons (Fsp3) is 0.250. The third-order valence-electron chi connectivity index (χ3n) is 6.56. The number of ether oxygens (including phenoxy) is 1. The van der Waals surface area contributed by atoms with Gasteiger partial charge in [0.25, 0.3) is 5.91 Å². The number of nitrogens with two attached hydrogens (primary N) is 1. The summed E-state index contributed by atoms with van der Waals surface area (Å²) < 4.78 is 8.82. The molecule has 0 saturated carbocycles. The number of rotatable bonds is 7. The van der Waals surface area contributed by atoms with Gasteiger partial charge in [-0.05, 0) is 36.4 Å². The van der Waals surface area contributed by atoms with E-state index in [1.165, 1.54) is 26.4 Å². The number of para-hydroxylation sites is 1. The first kappa shape index (κ1) is 25.7. The van der Waals surface area contributed by atoms with Gasteiger partial charge in [0.05, 0.1) is 18.3 Å². The minimum atomic E-state index is -0.717. The van der Waals surface area contributed by atoms with Crippen LogP contribution < -0.4 is 16.2 Å². The molecular weight excluding hydrogens is 498 g/mol. The first-order valence-corrected chi connectivity index (χ1v) is 12.3. The number of amides is 1. The Morgan fingerprint density at radius 1 is 1.15 bits per heavy atom. The van der Waals surface area contributed by atoms with E-state index in [0.717, 1.165) is 0 Å². The molecule has 39 heavy (non-hydrogen) atoms. The van der Waals surface area contributed by atoms with Gasteiger partial charge < -0.3 is 20.5 Å². The van der Waals surface area contributed by atoms with Gasteiger partial charge >= 0.3 is 5.69 Å². The predicted molar refractivity (Wildman–Crippen MR) is 144 cm³/mol. The van der Waals surface area contributed by atoms with E-state index in [1.54, 1.807) is 38.1 Å². The molecule has 11 nitrogen and oxygen atoms in total. The third kappa shape index (κ3) is 4.85. The SMILES string of the molecule is CC(C)(/C=C(/C#N)C(=O)N1CC(n2c(=O)n(-c3ccc(Oc4ccccc4)cc3)c3c(N)ncnc32)C1)CO. The van der Waals surface area contributed by atoms with Crippen LogP contribution in [0.25, 0.3) is 16.9 Å². The minimum absolute atomic E-state index is 0.0494. The predicted octanol–water partition coefficient (Wildman–Crippen LogP) is 2.81. The molecule has 0 atom stereocenters. The van der Waals surface area contributed by atoms with Crippen LogP contribution in [0.3, 0.4) is 0 Å². The maximum Gasteiger partial charge on any atom is 0.335 e. The second kappa shape index (κ2) is 10.1. The van der Waals surface area contributed by atoms with Gasteiger partial charge in [-0.3, -0.25) is 13.9 Å². The van der Waals surface area contributed by atoms with Crippen molar-refractivity contribution in [2.24, 2.45) is 5.41 Å². The smallest absolute Gasteiger partial charge is 0.335 e. The quantitative estimate of drug-likeness (QED) is 0.276. The molecule has 1 aliphatic heterocycles. The number of likely N-dealkylation sites (tertiary alicyclic amines) is 1. The van der Waals surface area contributed by atoms with E-state index in [0.29, 0.717) is 28.4 Å². The number of carbonyl (C=O) groups excluding carboxylic acids is 1. The third-order valence-corrected chi connectivity index (χ3v) is 6.56. The monoisotopic (exact) mass is 525 g/mol. The average Bonchev–Trinajstić information content (AvgIpc) is 3.20. The van der Waals surface area contributed by atoms with E-state index in [1.807, 2.05) is 36.4 Å². The van der Waals surface area contributed by atoms with Crippen LogP contribution in [0.15, 0.2) is 77.4 Å². The van der Waals surface area contributed by atoms with E-state index in [9.17, 15) is 20.0 Å². The number of benzene rings is 2. The Hall–Kier alpha value is -4.95. The maximum atomic E-state index is 13.7. The van der Waals surface area contributed by atoms with Gasteiger partial charge in [-0.2, -0.15) is 5.26 Å². The zero-order valence-electron chi connectivity index (χ0n) is 21.5. The molecular formula is C28H27N7O4. The number of aromatic nitrogens is 4. The molecule has 3 N–H and O–H groups in total. The Morgan fingerprint density at radius 3 is 2.46 bits per heavy atom. The van der Waals surface area contributed by atoms with Crippen molar-refractivity contribution in [3.8, 4) is 23.3 Å². The molecule has 2 aromatic heterocycles. The van der Waals surface area contributed by atoms with Crippen molar-refractivity contribution in [3.05, 3.63) is 83.1 Å². The van der Waals surface area contributed by atoms with Crippen molar-refractivity contribution >= 4 is 22.9 Å². The Kier molecular flexibility index (Phi) is 6.64. The summed E-state index contributed by atoms with van der Waals surface area (Å²) in [6.45, 7) is 3.68. The second-order valence-electron chi connectivity index (χ2n) is 10.0. The number of nitriles is 1. The van der Waals surface area contributed by atoms with Gasteiger partial charge in [-0.15, -0.1) is 0 Å². The van der Waals surface area contributed by atoms with E-state index in [2.05, 4.69) is 9.97 Å². The van der Waals surface area contributed by atoms with Crippen LogP contribution in [-0.2, 0) is 4.79 Å². The van der Waals surface area contributed by atoms with Crippen LogP contribution in [-0.4, -0.2) is 54.7 Å².